The molecule has 0 bridgehead atoms. The van der Waals surface area contributed by atoms with E-state index in [1.165, 1.54) is 12.4 Å². The van der Waals surface area contributed by atoms with E-state index in [9.17, 15) is 9.59 Å². The average Bonchev–Trinajstić information content (AvgIpc) is 3.14. The van der Waals surface area contributed by atoms with Crippen molar-refractivity contribution in [2.75, 3.05) is 13.1 Å². The lowest BCUT2D eigenvalue weighted by Crippen LogP contribution is -2.28. The van der Waals surface area contributed by atoms with Gasteiger partial charge < -0.3 is 10.2 Å². The first kappa shape index (κ1) is 15.2. The van der Waals surface area contributed by atoms with Crippen molar-refractivity contribution in [3.63, 3.8) is 0 Å². The Kier molecular flexibility index (Phi) is 4.66. The van der Waals surface area contributed by atoms with Gasteiger partial charge in [0, 0.05) is 32.0 Å². The van der Waals surface area contributed by atoms with Gasteiger partial charge in [-0.25, -0.2) is 0 Å². The molecule has 1 aromatic heterocycles. The highest BCUT2D eigenvalue weighted by atomic mass is 16.2. The number of aromatic nitrogens is 1. The van der Waals surface area contributed by atoms with Crippen molar-refractivity contribution in [3.05, 3.63) is 65.5 Å². The molecule has 23 heavy (non-hydrogen) atoms. The van der Waals surface area contributed by atoms with Gasteiger partial charge >= 0.3 is 0 Å². The number of likely N-dealkylation sites (tertiary alicyclic amines) is 1. The molecule has 1 aromatic carbocycles. The SMILES string of the molecule is O=C(NCc1ccccc1)c1cncc(C(=O)N2CCCC2)c1. The number of nitrogens with one attached hydrogen (secondary N) is 1. The summed E-state index contributed by atoms with van der Waals surface area (Å²) in [6.07, 6.45) is 5.09. The third-order valence-corrected chi connectivity index (χ3v) is 3.94. The fourth-order valence-corrected chi connectivity index (χ4v) is 2.66. The van der Waals surface area contributed by atoms with Crippen LogP contribution in [0.3, 0.4) is 0 Å². The Morgan fingerprint density at radius 2 is 1.74 bits per heavy atom. The molecule has 5 nitrogen and oxygen atoms in total. The summed E-state index contributed by atoms with van der Waals surface area (Å²) < 4.78 is 0. The molecule has 1 N–H and O–H groups in total. The third-order valence-electron chi connectivity index (χ3n) is 3.94. The fraction of sp³-hybridized carbons (Fsp3) is 0.278. The number of carbonyl (C=O) groups excluding carboxylic acids is 2. The highest BCUT2D eigenvalue weighted by Gasteiger charge is 2.20. The molecule has 2 heterocycles. The Hall–Kier alpha value is -2.69. The summed E-state index contributed by atoms with van der Waals surface area (Å²) in [4.78, 5) is 30.4. The van der Waals surface area contributed by atoms with E-state index in [1.807, 2.05) is 35.2 Å². The van der Waals surface area contributed by atoms with E-state index < -0.39 is 0 Å². The maximum atomic E-state index is 12.4. The average molecular weight is 309 g/mol. The number of hydrogen-bond donors (Lipinski definition) is 1. The molecule has 118 valence electrons. The van der Waals surface area contributed by atoms with Crippen LogP contribution in [0.1, 0.15) is 39.1 Å². The highest BCUT2D eigenvalue weighted by molar-refractivity contribution is 5.99. The lowest BCUT2D eigenvalue weighted by atomic mass is 10.1. The molecule has 1 saturated heterocycles. The Balaban J connectivity index is 1.66. The van der Waals surface area contributed by atoms with Crippen LogP contribution < -0.4 is 5.32 Å². The zero-order chi connectivity index (χ0) is 16.1. The summed E-state index contributed by atoms with van der Waals surface area (Å²) >= 11 is 0. The first-order chi connectivity index (χ1) is 11.2. The second-order valence-electron chi connectivity index (χ2n) is 5.63. The van der Waals surface area contributed by atoms with Gasteiger partial charge in [-0.3, -0.25) is 14.6 Å². The summed E-state index contributed by atoms with van der Waals surface area (Å²) in [5.74, 6) is -0.273. The molecule has 1 aliphatic rings. The maximum absolute atomic E-state index is 12.4. The van der Waals surface area contributed by atoms with E-state index in [2.05, 4.69) is 10.3 Å². The van der Waals surface area contributed by atoms with Crippen LogP contribution in [0.4, 0.5) is 0 Å². The van der Waals surface area contributed by atoms with Crippen molar-refractivity contribution in [2.24, 2.45) is 0 Å². The monoisotopic (exact) mass is 309 g/mol. The number of carbonyl (C=O) groups is 2. The van der Waals surface area contributed by atoms with Gasteiger partial charge in [0.1, 0.15) is 0 Å². The number of nitrogens with zero attached hydrogens (tertiary/aromatic N) is 2. The fourth-order valence-electron chi connectivity index (χ4n) is 2.66. The molecule has 2 amide bonds. The van der Waals surface area contributed by atoms with Gasteiger partial charge in [0.15, 0.2) is 0 Å². The van der Waals surface area contributed by atoms with Crippen LogP contribution in [-0.4, -0.2) is 34.8 Å². The van der Waals surface area contributed by atoms with Crippen LogP contribution in [-0.2, 0) is 6.54 Å². The quantitative estimate of drug-likeness (QED) is 0.942. The molecule has 0 saturated carbocycles. The minimum atomic E-state index is -0.225. The Morgan fingerprint density at radius 1 is 1.04 bits per heavy atom. The second kappa shape index (κ2) is 7.05. The van der Waals surface area contributed by atoms with Gasteiger partial charge in [-0.2, -0.15) is 0 Å². The number of amides is 2. The van der Waals surface area contributed by atoms with Crippen LogP contribution in [0.5, 0.6) is 0 Å². The van der Waals surface area contributed by atoms with Crippen molar-refractivity contribution in [3.8, 4) is 0 Å². The van der Waals surface area contributed by atoms with Gasteiger partial charge in [-0.1, -0.05) is 30.3 Å². The maximum Gasteiger partial charge on any atom is 0.255 e. The summed E-state index contributed by atoms with van der Waals surface area (Å²) in [5, 5.41) is 2.85. The van der Waals surface area contributed by atoms with Crippen LogP contribution in [0.2, 0.25) is 0 Å². The molecule has 2 aromatic rings. The molecule has 1 aliphatic heterocycles. The number of benzene rings is 1. The van der Waals surface area contributed by atoms with E-state index in [0.29, 0.717) is 17.7 Å². The normalized spacial score (nSPS) is 13.8. The van der Waals surface area contributed by atoms with Gasteiger partial charge in [0.05, 0.1) is 11.1 Å². The minimum Gasteiger partial charge on any atom is -0.348 e. The van der Waals surface area contributed by atoms with Crippen molar-refractivity contribution in [1.29, 1.82) is 0 Å². The number of pyridine rings is 1. The topological polar surface area (TPSA) is 62.3 Å². The first-order valence-corrected chi connectivity index (χ1v) is 7.80. The predicted octanol–water partition coefficient (Wildman–Crippen LogP) is 2.25. The van der Waals surface area contributed by atoms with Crippen molar-refractivity contribution in [1.82, 2.24) is 15.2 Å². The lowest BCUT2D eigenvalue weighted by Gasteiger charge is -2.15. The standard InChI is InChI=1S/C18H19N3O2/c22-17(20-11-14-6-2-1-3-7-14)15-10-16(13-19-12-15)18(23)21-8-4-5-9-21/h1-3,6-7,10,12-13H,4-5,8-9,11H2,(H,20,22). The van der Waals surface area contributed by atoms with E-state index in [-0.39, 0.29) is 11.8 Å². The van der Waals surface area contributed by atoms with Crippen LogP contribution in [0, 0.1) is 0 Å². The van der Waals surface area contributed by atoms with Gasteiger partial charge in [0.25, 0.3) is 11.8 Å². The first-order valence-electron chi connectivity index (χ1n) is 7.80. The Labute approximate surface area is 135 Å². The second-order valence-corrected chi connectivity index (χ2v) is 5.63. The third kappa shape index (κ3) is 3.74. The van der Waals surface area contributed by atoms with Crippen LogP contribution in [0.25, 0.3) is 0 Å². The van der Waals surface area contributed by atoms with Crippen LogP contribution >= 0.6 is 0 Å². The molecule has 0 spiro atoms. The van der Waals surface area contributed by atoms with Gasteiger partial charge in [-0.15, -0.1) is 0 Å². The molecular formula is C18H19N3O2. The number of rotatable bonds is 4. The van der Waals surface area contributed by atoms with E-state index in [4.69, 9.17) is 0 Å². The molecular weight excluding hydrogens is 290 g/mol. The molecule has 5 heteroatoms. The molecule has 0 aliphatic carbocycles. The summed E-state index contributed by atoms with van der Waals surface area (Å²) in [5.41, 5.74) is 1.91. The largest absolute Gasteiger partial charge is 0.348 e. The lowest BCUT2D eigenvalue weighted by molar-refractivity contribution is 0.0792. The molecule has 3 rings (SSSR count). The van der Waals surface area contributed by atoms with E-state index in [0.717, 1.165) is 31.5 Å². The summed E-state index contributed by atoms with van der Waals surface area (Å²) in [6.45, 7) is 2.01. The Bertz CT molecular complexity index is 694. The zero-order valence-corrected chi connectivity index (χ0v) is 12.9. The molecule has 0 atom stereocenters. The molecule has 1 fully saturated rings. The van der Waals surface area contributed by atoms with Crippen molar-refractivity contribution < 1.29 is 9.59 Å². The number of hydrogen-bond acceptors (Lipinski definition) is 3. The predicted molar refractivity (Wildman–Crippen MR) is 87.0 cm³/mol. The van der Waals surface area contributed by atoms with E-state index >= 15 is 0 Å². The van der Waals surface area contributed by atoms with Crippen molar-refractivity contribution >= 4 is 11.8 Å². The minimum absolute atomic E-state index is 0.0484. The van der Waals surface area contributed by atoms with Crippen LogP contribution in [0.15, 0.2) is 48.8 Å². The molecule has 0 radical (unpaired) electrons. The smallest absolute Gasteiger partial charge is 0.255 e. The van der Waals surface area contributed by atoms with Crippen molar-refractivity contribution in [2.45, 2.75) is 19.4 Å². The van der Waals surface area contributed by atoms with Gasteiger partial charge in [0.2, 0.25) is 0 Å². The van der Waals surface area contributed by atoms with E-state index in [1.54, 1.807) is 6.07 Å². The van der Waals surface area contributed by atoms with Gasteiger partial charge in [-0.05, 0) is 24.5 Å². The summed E-state index contributed by atoms with van der Waals surface area (Å²) in [6, 6.07) is 11.3. The zero-order valence-electron chi connectivity index (χ0n) is 12.9. The highest BCUT2D eigenvalue weighted by Crippen LogP contribution is 2.13. The molecule has 0 unspecified atom stereocenters. The Morgan fingerprint density at radius 3 is 2.48 bits per heavy atom. The summed E-state index contributed by atoms with van der Waals surface area (Å²) in [7, 11) is 0.